The second-order valence-corrected chi connectivity index (χ2v) is 7.28. The lowest BCUT2D eigenvalue weighted by Gasteiger charge is -2.34. The highest BCUT2D eigenvalue weighted by molar-refractivity contribution is 5.94. The van der Waals surface area contributed by atoms with Crippen LogP contribution in [0.5, 0.6) is 0 Å². The van der Waals surface area contributed by atoms with Crippen molar-refractivity contribution in [3.05, 3.63) is 35.6 Å². The molecule has 0 bridgehead atoms. The van der Waals surface area contributed by atoms with Crippen LogP contribution in [0.3, 0.4) is 0 Å². The number of nitrogens with zero attached hydrogens (tertiary/aromatic N) is 2. The summed E-state index contributed by atoms with van der Waals surface area (Å²) in [4.78, 5) is 28.7. The van der Waals surface area contributed by atoms with Crippen molar-refractivity contribution in [3.63, 3.8) is 0 Å². The predicted molar refractivity (Wildman–Crippen MR) is 96.3 cm³/mol. The number of likely N-dealkylation sites (tertiary alicyclic amines) is 1. The van der Waals surface area contributed by atoms with E-state index in [0.29, 0.717) is 38.0 Å². The van der Waals surface area contributed by atoms with Crippen LogP contribution in [0.2, 0.25) is 0 Å². The number of hydrogen-bond acceptors (Lipinski definition) is 3. The monoisotopic (exact) mass is 362 g/mol. The van der Waals surface area contributed by atoms with E-state index in [1.165, 1.54) is 24.3 Å². The van der Waals surface area contributed by atoms with Crippen LogP contribution in [0.25, 0.3) is 0 Å². The SMILES string of the molecule is CN(CC1CCCCO1)C(=O)C1CCN(C(=O)c2ccc(F)cc2)CC1. The molecule has 0 aliphatic carbocycles. The van der Waals surface area contributed by atoms with Gasteiger partial charge in [-0.2, -0.15) is 0 Å². The minimum Gasteiger partial charge on any atom is -0.376 e. The average Bonchev–Trinajstić information content (AvgIpc) is 2.68. The van der Waals surface area contributed by atoms with Crippen molar-refractivity contribution in [2.45, 2.75) is 38.2 Å². The van der Waals surface area contributed by atoms with Crippen LogP contribution in [-0.2, 0) is 9.53 Å². The molecule has 0 N–H and O–H groups in total. The number of ether oxygens (including phenoxy) is 1. The standard InChI is InChI=1S/C20H27FN2O3/c1-22(14-18-4-2-3-13-26-18)19(24)16-9-11-23(12-10-16)20(25)15-5-7-17(21)8-6-15/h5-8,16,18H,2-4,9-14H2,1H3. The van der Waals surface area contributed by atoms with Crippen molar-refractivity contribution in [1.29, 1.82) is 0 Å². The zero-order valence-corrected chi connectivity index (χ0v) is 15.3. The highest BCUT2D eigenvalue weighted by Crippen LogP contribution is 2.22. The Morgan fingerprint density at radius 2 is 1.85 bits per heavy atom. The molecule has 3 rings (SSSR count). The van der Waals surface area contributed by atoms with Gasteiger partial charge in [0.1, 0.15) is 5.82 Å². The summed E-state index contributed by atoms with van der Waals surface area (Å²) in [7, 11) is 1.84. The van der Waals surface area contributed by atoms with E-state index in [-0.39, 0.29) is 29.7 Å². The lowest BCUT2D eigenvalue weighted by atomic mass is 9.94. The number of carbonyl (C=O) groups is 2. The Hall–Kier alpha value is -1.95. The number of rotatable bonds is 4. The summed E-state index contributed by atoms with van der Waals surface area (Å²) in [6.45, 7) is 2.55. The van der Waals surface area contributed by atoms with Crippen LogP contribution in [-0.4, -0.2) is 61.0 Å². The van der Waals surface area contributed by atoms with E-state index in [9.17, 15) is 14.0 Å². The number of halogens is 1. The van der Waals surface area contributed by atoms with Crippen molar-refractivity contribution in [1.82, 2.24) is 9.80 Å². The first kappa shape index (κ1) is 18.8. The van der Waals surface area contributed by atoms with Crippen LogP contribution in [0, 0.1) is 11.7 Å². The Labute approximate surface area is 154 Å². The van der Waals surface area contributed by atoms with Crippen LogP contribution in [0.15, 0.2) is 24.3 Å². The van der Waals surface area contributed by atoms with Gasteiger partial charge in [0.15, 0.2) is 0 Å². The zero-order chi connectivity index (χ0) is 18.5. The topological polar surface area (TPSA) is 49.9 Å². The number of carbonyl (C=O) groups excluding carboxylic acids is 2. The van der Waals surface area contributed by atoms with Gasteiger partial charge >= 0.3 is 0 Å². The van der Waals surface area contributed by atoms with Gasteiger partial charge < -0.3 is 14.5 Å². The molecule has 2 fully saturated rings. The van der Waals surface area contributed by atoms with E-state index < -0.39 is 0 Å². The molecular formula is C20H27FN2O3. The largest absolute Gasteiger partial charge is 0.376 e. The van der Waals surface area contributed by atoms with Gasteiger partial charge in [0.2, 0.25) is 5.91 Å². The summed E-state index contributed by atoms with van der Waals surface area (Å²) in [5.74, 6) is -0.343. The molecule has 1 unspecified atom stereocenters. The molecule has 2 aliphatic heterocycles. The van der Waals surface area contributed by atoms with E-state index in [4.69, 9.17) is 4.74 Å². The Morgan fingerprint density at radius 1 is 1.15 bits per heavy atom. The number of benzene rings is 1. The lowest BCUT2D eigenvalue weighted by Crippen LogP contribution is -2.45. The highest BCUT2D eigenvalue weighted by atomic mass is 19.1. The number of likely N-dealkylation sites (N-methyl/N-ethyl adjacent to an activating group) is 1. The molecule has 0 aromatic heterocycles. The van der Waals surface area contributed by atoms with E-state index in [1.807, 2.05) is 7.05 Å². The molecule has 2 saturated heterocycles. The van der Waals surface area contributed by atoms with Crippen molar-refractivity contribution in [2.75, 3.05) is 33.3 Å². The second kappa shape index (κ2) is 8.62. The minimum absolute atomic E-state index is 0.0409. The third-order valence-corrected chi connectivity index (χ3v) is 5.35. The second-order valence-electron chi connectivity index (χ2n) is 7.28. The summed E-state index contributed by atoms with van der Waals surface area (Å²) in [5.41, 5.74) is 0.489. The minimum atomic E-state index is -0.351. The van der Waals surface area contributed by atoms with Gasteiger partial charge in [-0.25, -0.2) is 4.39 Å². The fraction of sp³-hybridized carbons (Fsp3) is 0.600. The van der Waals surface area contributed by atoms with Gasteiger partial charge in [0.05, 0.1) is 6.10 Å². The lowest BCUT2D eigenvalue weighted by molar-refractivity contribution is -0.138. The smallest absolute Gasteiger partial charge is 0.253 e. The number of hydrogen-bond donors (Lipinski definition) is 0. The quantitative estimate of drug-likeness (QED) is 0.827. The molecule has 26 heavy (non-hydrogen) atoms. The van der Waals surface area contributed by atoms with Crippen LogP contribution < -0.4 is 0 Å². The highest BCUT2D eigenvalue weighted by Gasteiger charge is 2.30. The van der Waals surface area contributed by atoms with Crippen LogP contribution in [0.1, 0.15) is 42.5 Å². The summed E-state index contributed by atoms with van der Waals surface area (Å²) < 4.78 is 18.7. The Kier molecular flexibility index (Phi) is 6.25. The van der Waals surface area contributed by atoms with Crippen molar-refractivity contribution in [2.24, 2.45) is 5.92 Å². The molecule has 2 heterocycles. The molecular weight excluding hydrogens is 335 g/mol. The Balaban J connectivity index is 1.48. The van der Waals surface area contributed by atoms with Gasteiger partial charge in [-0.3, -0.25) is 9.59 Å². The molecule has 6 heteroatoms. The van der Waals surface area contributed by atoms with E-state index in [0.717, 1.165) is 25.9 Å². The predicted octanol–water partition coefficient (Wildman–Crippen LogP) is 2.71. The Morgan fingerprint density at radius 3 is 2.46 bits per heavy atom. The van der Waals surface area contributed by atoms with Crippen LogP contribution >= 0.6 is 0 Å². The molecule has 0 radical (unpaired) electrons. The zero-order valence-electron chi connectivity index (χ0n) is 15.3. The molecule has 5 nitrogen and oxygen atoms in total. The molecule has 1 atom stereocenters. The summed E-state index contributed by atoms with van der Waals surface area (Å²) >= 11 is 0. The first-order valence-electron chi connectivity index (χ1n) is 9.46. The fourth-order valence-corrected chi connectivity index (χ4v) is 3.76. The van der Waals surface area contributed by atoms with E-state index >= 15 is 0 Å². The van der Waals surface area contributed by atoms with Crippen molar-refractivity contribution >= 4 is 11.8 Å². The molecule has 0 saturated carbocycles. The van der Waals surface area contributed by atoms with E-state index in [2.05, 4.69) is 0 Å². The molecule has 2 amide bonds. The third kappa shape index (κ3) is 4.61. The molecule has 2 aliphatic rings. The molecule has 0 spiro atoms. The van der Waals surface area contributed by atoms with Gasteiger partial charge in [-0.1, -0.05) is 0 Å². The fourth-order valence-electron chi connectivity index (χ4n) is 3.76. The van der Waals surface area contributed by atoms with E-state index in [1.54, 1.807) is 9.80 Å². The normalized spacial score (nSPS) is 21.5. The third-order valence-electron chi connectivity index (χ3n) is 5.35. The molecule has 142 valence electrons. The summed E-state index contributed by atoms with van der Waals surface area (Å²) in [6.07, 6.45) is 4.77. The first-order chi connectivity index (χ1) is 12.5. The maximum Gasteiger partial charge on any atom is 0.253 e. The maximum absolute atomic E-state index is 13.0. The summed E-state index contributed by atoms with van der Waals surface area (Å²) in [6, 6.07) is 5.61. The Bertz CT molecular complexity index is 620. The first-order valence-corrected chi connectivity index (χ1v) is 9.46. The van der Waals surface area contributed by atoms with Gasteiger partial charge in [0, 0.05) is 44.8 Å². The van der Waals surface area contributed by atoms with Crippen LogP contribution in [0.4, 0.5) is 4.39 Å². The maximum atomic E-state index is 13.0. The molecule has 1 aromatic rings. The summed E-state index contributed by atoms with van der Waals surface area (Å²) in [5, 5.41) is 0. The number of piperidine rings is 1. The van der Waals surface area contributed by atoms with Crippen molar-refractivity contribution < 1.29 is 18.7 Å². The van der Waals surface area contributed by atoms with Crippen molar-refractivity contribution in [3.8, 4) is 0 Å². The average molecular weight is 362 g/mol. The van der Waals surface area contributed by atoms with Gasteiger partial charge in [-0.05, 0) is 56.4 Å². The van der Waals surface area contributed by atoms with Gasteiger partial charge in [0.25, 0.3) is 5.91 Å². The number of amides is 2. The van der Waals surface area contributed by atoms with Gasteiger partial charge in [-0.15, -0.1) is 0 Å². The molecule has 1 aromatic carbocycles.